The van der Waals surface area contributed by atoms with Crippen LogP contribution < -0.4 is 5.32 Å². The highest BCUT2D eigenvalue weighted by Gasteiger charge is 2.00. The van der Waals surface area contributed by atoms with Crippen molar-refractivity contribution in [3.8, 4) is 0 Å². The molecular formula is C17H14N2S. The van der Waals surface area contributed by atoms with E-state index in [1.807, 2.05) is 6.20 Å². The van der Waals surface area contributed by atoms with E-state index >= 15 is 0 Å². The van der Waals surface area contributed by atoms with Gasteiger partial charge in [0.1, 0.15) is 0 Å². The normalized spacial score (nSPS) is 11.2. The van der Waals surface area contributed by atoms with Crippen molar-refractivity contribution >= 4 is 38.0 Å². The zero-order valence-corrected chi connectivity index (χ0v) is 11.7. The molecule has 2 heterocycles. The maximum atomic E-state index is 3.49. The summed E-state index contributed by atoms with van der Waals surface area (Å²) >= 11 is 1.78. The Morgan fingerprint density at radius 3 is 2.95 bits per heavy atom. The molecule has 0 fully saturated rings. The van der Waals surface area contributed by atoms with Crippen molar-refractivity contribution < 1.29 is 0 Å². The van der Waals surface area contributed by atoms with Gasteiger partial charge >= 0.3 is 0 Å². The molecule has 0 aliphatic heterocycles. The highest BCUT2D eigenvalue weighted by atomic mass is 32.1. The van der Waals surface area contributed by atoms with Crippen LogP contribution in [0, 0.1) is 0 Å². The highest BCUT2D eigenvalue weighted by Crippen LogP contribution is 2.24. The van der Waals surface area contributed by atoms with E-state index in [0.29, 0.717) is 0 Å². The predicted octanol–water partition coefficient (Wildman–Crippen LogP) is 4.99. The van der Waals surface area contributed by atoms with Crippen molar-refractivity contribution in [1.82, 2.24) is 4.98 Å². The van der Waals surface area contributed by atoms with Gasteiger partial charge in [0.25, 0.3) is 0 Å². The summed E-state index contributed by atoms with van der Waals surface area (Å²) in [6.07, 6.45) is 1.98. The number of rotatable bonds is 3. The van der Waals surface area contributed by atoms with Gasteiger partial charge in [-0.15, -0.1) is 11.3 Å². The first-order valence-corrected chi connectivity index (χ1v) is 7.54. The van der Waals surface area contributed by atoms with Crippen molar-refractivity contribution in [1.29, 1.82) is 0 Å². The third-order valence-electron chi connectivity index (χ3n) is 3.57. The molecule has 0 aliphatic carbocycles. The maximum Gasteiger partial charge on any atom is 0.0454 e. The van der Waals surface area contributed by atoms with Gasteiger partial charge in [0.15, 0.2) is 0 Å². The van der Waals surface area contributed by atoms with Crippen molar-refractivity contribution in [2.24, 2.45) is 0 Å². The van der Waals surface area contributed by atoms with Crippen molar-refractivity contribution in [2.45, 2.75) is 6.54 Å². The molecule has 2 nitrogen and oxygen atoms in total. The highest BCUT2D eigenvalue weighted by molar-refractivity contribution is 7.17. The van der Waals surface area contributed by atoms with Crippen molar-refractivity contribution in [3.63, 3.8) is 0 Å². The summed E-state index contributed by atoms with van der Waals surface area (Å²) in [6, 6.07) is 17.3. The average molecular weight is 278 g/mol. The number of aromatic amines is 1. The quantitative estimate of drug-likeness (QED) is 0.542. The molecule has 2 aromatic carbocycles. The Bertz CT molecular complexity index is 799. The van der Waals surface area contributed by atoms with Gasteiger partial charge in [-0.1, -0.05) is 6.07 Å². The Morgan fingerprint density at radius 1 is 0.950 bits per heavy atom. The van der Waals surface area contributed by atoms with Gasteiger partial charge in [0.2, 0.25) is 0 Å². The van der Waals surface area contributed by atoms with Crippen LogP contribution in [0.1, 0.15) is 5.56 Å². The van der Waals surface area contributed by atoms with Crippen LogP contribution in [0.2, 0.25) is 0 Å². The number of hydrogen-bond donors (Lipinski definition) is 2. The second-order valence-corrected chi connectivity index (χ2v) is 5.87. The van der Waals surface area contributed by atoms with E-state index in [-0.39, 0.29) is 0 Å². The summed E-state index contributed by atoms with van der Waals surface area (Å²) in [5.74, 6) is 0. The van der Waals surface area contributed by atoms with Crippen LogP contribution >= 0.6 is 11.3 Å². The minimum absolute atomic E-state index is 0.844. The summed E-state index contributed by atoms with van der Waals surface area (Å²) in [5.41, 5.74) is 3.65. The van der Waals surface area contributed by atoms with Gasteiger partial charge in [-0.2, -0.15) is 0 Å². The van der Waals surface area contributed by atoms with Gasteiger partial charge < -0.3 is 10.3 Å². The molecule has 0 saturated carbocycles. The molecule has 2 aromatic heterocycles. The SMILES string of the molecule is c1cc2cc(CNc3ccc4sccc4c3)ccc2[nH]1. The second kappa shape index (κ2) is 4.69. The maximum absolute atomic E-state index is 3.49. The molecule has 4 rings (SSSR count). The summed E-state index contributed by atoms with van der Waals surface area (Å²) in [5, 5.41) is 8.20. The lowest BCUT2D eigenvalue weighted by atomic mass is 10.1. The van der Waals surface area contributed by atoms with Crippen LogP contribution in [-0.4, -0.2) is 4.98 Å². The van der Waals surface area contributed by atoms with E-state index in [0.717, 1.165) is 6.54 Å². The van der Waals surface area contributed by atoms with Gasteiger partial charge in [0, 0.05) is 28.6 Å². The first-order chi connectivity index (χ1) is 9.88. The minimum atomic E-state index is 0.844. The van der Waals surface area contributed by atoms with E-state index in [9.17, 15) is 0 Å². The standard InChI is InChI=1S/C17H14N2S/c1-3-16-13(5-7-18-16)9-12(1)11-19-15-2-4-17-14(10-15)6-8-20-17/h1-10,18-19H,11H2. The topological polar surface area (TPSA) is 27.8 Å². The fourth-order valence-corrected chi connectivity index (χ4v) is 3.26. The van der Waals surface area contributed by atoms with Crippen LogP contribution in [0.25, 0.3) is 21.0 Å². The van der Waals surface area contributed by atoms with Crippen LogP contribution in [0.15, 0.2) is 60.1 Å². The number of anilines is 1. The molecule has 0 spiro atoms. The Labute approximate surface area is 121 Å². The third kappa shape index (κ3) is 2.06. The van der Waals surface area contributed by atoms with E-state index in [4.69, 9.17) is 0 Å². The number of fused-ring (bicyclic) bond motifs is 2. The summed E-state index contributed by atoms with van der Waals surface area (Å²) in [6.45, 7) is 0.844. The Kier molecular flexibility index (Phi) is 2.71. The van der Waals surface area contributed by atoms with Crippen molar-refractivity contribution in [2.75, 3.05) is 5.32 Å². The monoisotopic (exact) mass is 278 g/mol. The molecule has 2 N–H and O–H groups in total. The smallest absolute Gasteiger partial charge is 0.0454 e. The lowest BCUT2D eigenvalue weighted by Crippen LogP contribution is -1.98. The summed E-state index contributed by atoms with van der Waals surface area (Å²) in [4.78, 5) is 3.22. The minimum Gasteiger partial charge on any atom is -0.381 e. The van der Waals surface area contributed by atoms with Gasteiger partial charge in [0.05, 0.1) is 0 Å². The first kappa shape index (κ1) is 11.6. The molecule has 4 aromatic rings. The number of nitrogens with one attached hydrogen (secondary N) is 2. The molecule has 98 valence electrons. The molecular weight excluding hydrogens is 264 g/mol. The van der Waals surface area contributed by atoms with Crippen LogP contribution in [0.5, 0.6) is 0 Å². The molecule has 0 amide bonds. The lowest BCUT2D eigenvalue weighted by molar-refractivity contribution is 1.16. The van der Waals surface area contributed by atoms with E-state index < -0.39 is 0 Å². The second-order valence-electron chi connectivity index (χ2n) is 4.93. The van der Waals surface area contributed by atoms with Gasteiger partial charge in [-0.3, -0.25) is 0 Å². The largest absolute Gasteiger partial charge is 0.381 e. The lowest BCUT2D eigenvalue weighted by Gasteiger charge is -2.07. The van der Waals surface area contributed by atoms with Crippen LogP contribution in [0.3, 0.4) is 0 Å². The molecule has 20 heavy (non-hydrogen) atoms. The molecule has 0 radical (unpaired) electrons. The number of H-pyrrole nitrogens is 1. The molecule has 0 aliphatic rings. The van der Waals surface area contributed by atoms with Gasteiger partial charge in [-0.05, 0) is 64.2 Å². The Hall–Kier alpha value is -2.26. The Balaban J connectivity index is 1.56. The fraction of sp³-hybridized carbons (Fsp3) is 0.0588. The summed E-state index contributed by atoms with van der Waals surface area (Å²) in [7, 11) is 0. The van der Waals surface area contributed by atoms with Gasteiger partial charge in [-0.25, -0.2) is 0 Å². The predicted molar refractivity (Wildman–Crippen MR) is 87.5 cm³/mol. The zero-order chi connectivity index (χ0) is 13.4. The molecule has 0 bridgehead atoms. The van der Waals surface area contributed by atoms with Crippen molar-refractivity contribution in [3.05, 3.63) is 65.7 Å². The number of aromatic nitrogens is 1. The number of benzene rings is 2. The van der Waals surface area contributed by atoms with E-state index in [2.05, 4.69) is 64.2 Å². The number of hydrogen-bond acceptors (Lipinski definition) is 2. The van der Waals surface area contributed by atoms with Crippen LogP contribution in [0.4, 0.5) is 5.69 Å². The number of thiophene rings is 1. The van der Waals surface area contributed by atoms with Crippen LogP contribution in [-0.2, 0) is 6.54 Å². The molecule has 0 atom stereocenters. The summed E-state index contributed by atoms with van der Waals surface area (Å²) < 4.78 is 1.34. The first-order valence-electron chi connectivity index (χ1n) is 6.66. The molecule has 0 unspecified atom stereocenters. The molecule has 0 saturated heterocycles. The molecule has 3 heteroatoms. The zero-order valence-electron chi connectivity index (χ0n) is 10.9. The van der Waals surface area contributed by atoms with E-state index in [1.165, 1.54) is 32.2 Å². The van der Waals surface area contributed by atoms with E-state index in [1.54, 1.807) is 11.3 Å². The Morgan fingerprint density at radius 2 is 1.95 bits per heavy atom. The third-order valence-corrected chi connectivity index (χ3v) is 4.46. The average Bonchev–Trinajstić information content (AvgIpc) is 3.12. The fourth-order valence-electron chi connectivity index (χ4n) is 2.49.